The second kappa shape index (κ2) is 6.82. The summed E-state index contributed by atoms with van der Waals surface area (Å²) in [7, 11) is 0. The van der Waals surface area contributed by atoms with Gasteiger partial charge in [0.15, 0.2) is 0 Å². The average molecular weight is 379 g/mol. The van der Waals surface area contributed by atoms with E-state index in [1.165, 1.54) is 24.5 Å². The van der Waals surface area contributed by atoms with Gasteiger partial charge in [0.1, 0.15) is 18.1 Å². The van der Waals surface area contributed by atoms with Crippen molar-refractivity contribution in [1.82, 2.24) is 0 Å². The lowest BCUT2D eigenvalue weighted by molar-refractivity contribution is -0.173. The number of ether oxygens (including phenoxy) is 1. The maximum atomic E-state index is 14.4. The van der Waals surface area contributed by atoms with E-state index in [-0.39, 0.29) is 5.69 Å². The average Bonchev–Trinajstić information content (AvgIpc) is 3.12. The first-order valence-corrected chi connectivity index (χ1v) is 7.91. The molecule has 2 aromatic rings. The number of alkyl halides is 2. The Kier molecular flexibility index (Phi) is 4.69. The van der Waals surface area contributed by atoms with Crippen LogP contribution < -0.4 is 11.1 Å². The number of anilines is 1. The largest absolute Gasteiger partial charge is 0.465 e. The van der Waals surface area contributed by atoms with Gasteiger partial charge in [0.05, 0.1) is 6.26 Å². The third-order valence-electron chi connectivity index (χ3n) is 4.13. The van der Waals surface area contributed by atoms with E-state index < -0.39 is 41.4 Å². The molecule has 3 rings (SSSR count). The van der Waals surface area contributed by atoms with Crippen molar-refractivity contribution in [2.75, 3.05) is 11.9 Å². The molecule has 0 spiro atoms. The molecule has 1 aromatic heterocycles. The fraction of sp³-hybridized carbons (Fsp3) is 0.222. The summed E-state index contributed by atoms with van der Waals surface area (Å²) < 4.78 is 53.2. The molecule has 3 N–H and O–H groups in total. The van der Waals surface area contributed by atoms with Crippen LogP contribution in [0.4, 0.5) is 18.9 Å². The van der Waals surface area contributed by atoms with Crippen molar-refractivity contribution in [2.24, 2.45) is 10.7 Å². The summed E-state index contributed by atoms with van der Waals surface area (Å²) in [5.74, 6) is -4.51. The van der Waals surface area contributed by atoms with E-state index in [4.69, 9.17) is 14.9 Å². The number of hydrogen-bond acceptors (Lipinski definition) is 5. The number of halogens is 3. The number of furan rings is 1. The number of amidine groups is 1. The van der Waals surface area contributed by atoms with Crippen LogP contribution in [0.2, 0.25) is 0 Å². The van der Waals surface area contributed by atoms with Crippen LogP contribution in [0, 0.1) is 5.82 Å². The van der Waals surface area contributed by atoms with Crippen LogP contribution in [0.15, 0.2) is 52.1 Å². The molecule has 9 heteroatoms. The summed E-state index contributed by atoms with van der Waals surface area (Å²) in [6.07, 6.45) is 4.07. The first kappa shape index (κ1) is 18.6. The van der Waals surface area contributed by atoms with Crippen molar-refractivity contribution in [2.45, 2.75) is 18.4 Å². The zero-order valence-electron chi connectivity index (χ0n) is 14.2. The molecule has 0 unspecified atom stereocenters. The second-order valence-electron chi connectivity index (χ2n) is 6.03. The van der Waals surface area contributed by atoms with E-state index >= 15 is 0 Å². The molecule has 1 aliphatic rings. The van der Waals surface area contributed by atoms with Gasteiger partial charge in [-0.15, -0.1) is 0 Å². The number of rotatable bonds is 4. The number of amides is 1. The number of nitrogens with zero attached hydrogens (tertiary/aromatic N) is 1. The minimum Gasteiger partial charge on any atom is -0.465 e. The Morgan fingerprint density at radius 1 is 1.37 bits per heavy atom. The zero-order chi connectivity index (χ0) is 19.7. The standard InChI is InChI=1S/C18H16F3N3O3/c1-17(18(20,21)10-23-16(22)27-17)13-9-11(4-6-14(13)19)24-15(25)7-5-12-3-2-8-26-12/h2-9H,10H2,1H3,(H2,22,23)(H,24,25)/b7-5+/t17-/m1/s1. The normalized spacial score (nSPS) is 21.6. The third kappa shape index (κ3) is 3.67. The summed E-state index contributed by atoms with van der Waals surface area (Å²) in [5, 5.41) is 2.47. The first-order chi connectivity index (χ1) is 12.7. The fourth-order valence-electron chi connectivity index (χ4n) is 2.59. The molecular formula is C18H16F3N3O3. The zero-order valence-corrected chi connectivity index (χ0v) is 14.2. The quantitative estimate of drug-likeness (QED) is 0.798. The lowest BCUT2D eigenvalue weighted by Crippen LogP contribution is -2.53. The van der Waals surface area contributed by atoms with Crippen LogP contribution in [-0.4, -0.2) is 24.4 Å². The predicted molar refractivity (Wildman–Crippen MR) is 92.6 cm³/mol. The van der Waals surface area contributed by atoms with Crippen molar-refractivity contribution >= 4 is 23.7 Å². The molecule has 27 heavy (non-hydrogen) atoms. The van der Waals surface area contributed by atoms with E-state index in [1.54, 1.807) is 12.1 Å². The lowest BCUT2D eigenvalue weighted by atomic mass is 9.87. The Labute approximate surface area is 152 Å². The van der Waals surface area contributed by atoms with Gasteiger partial charge in [-0.05, 0) is 43.3 Å². The van der Waals surface area contributed by atoms with Crippen LogP contribution in [-0.2, 0) is 15.1 Å². The Bertz CT molecular complexity index is 910. The van der Waals surface area contributed by atoms with Gasteiger partial charge >= 0.3 is 5.92 Å². The monoisotopic (exact) mass is 379 g/mol. The van der Waals surface area contributed by atoms with E-state index in [1.807, 2.05) is 0 Å². The van der Waals surface area contributed by atoms with Gasteiger partial charge in [-0.1, -0.05) is 0 Å². The van der Waals surface area contributed by atoms with E-state index in [0.29, 0.717) is 5.76 Å². The lowest BCUT2D eigenvalue weighted by Gasteiger charge is -2.39. The molecule has 2 heterocycles. The van der Waals surface area contributed by atoms with Gasteiger partial charge in [0, 0.05) is 17.3 Å². The van der Waals surface area contributed by atoms with Crippen molar-refractivity contribution in [3.8, 4) is 0 Å². The molecule has 0 saturated heterocycles. The molecule has 1 amide bonds. The van der Waals surface area contributed by atoms with Crippen LogP contribution in [0.1, 0.15) is 18.2 Å². The maximum absolute atomic E-state index is 14.4. The van der Waals surface area contributed by atoms with Gasteiger partial charge < -0.3 is 20.2 Å². The van der Waals surface area contributed by atoms with Crippen LogP contribution in [0.5, 0.6) is 0 Å². The Morgan fingerprint density at radius 3 is 2.85 bits per heavy atom. The molecule has 0 saturated carbocycles. The highest BCUT2D eigenvalue weighted by Crippen LogP contribution is 2.44. The summed E-state index contributed by atoms with van der Waals surface area (Å²) in [6.45, 7) is 0.0899. The van der Waals surface area contributed by atoms with E-state index in [0.717, 1.165) is 19.1 Å². The Morgan fingerprint density at radius 2 is 2.15 bits per heavy atom. The highest BCUT2D eigenvalue weighted by molar-refractivity contribution is 6.01. The predicted octanol–water partition coefficient (Wildman–Crippen LogP) is 3.27. The summed E-state index contributed by atoms with van der Waals surface area (Å²) in [6, 6.07) is 6.14. The Hall–Kier alpha value is -3.23. The van der Waals surface area contributed by atoms with Gasteiger partial charge in [0.25, 0.3) is 6.02 Å². The molecule has 6 nitrogen and oxygen atoms in total. The second-order valence-corrected chi connectivity index (χ2v) is 6.03. The number of benzene rings is 1. The number of hydrogen-bond donors (Lipinski definition) is 2. The summed E-state index contributed by atoms with van der Waals surface area (Å²) >= 11 is 0. The highest BCUT2D eigenvalue weighted by Gasteiger charge is 2.57. The van der Waals surface area contributed by atoms with Crippen molar-refractivity contribution < 1.29 is 27.1 Å². The van der Waals surface area contributed by atoms with Gasteiger partial charge in [0.2, 0.25) is 11.5 Å². The van der Waals surface area contributed by atoms with Crippen LogP contribution >= 0.6 is 0 Å². The molecule has 1 aliphatic heterocycles. The molecule has 142 valence electrons. The SMILES string of the molecule is C[C@]1(c2cc(NC(=O)/C=C/c3ccco3)ccc2F)OC(N)=NCC1(F)F. The molecule has 0 fully saturated rings. The number of nitrogens with one attached hydrogen (secondary N) is 1. The van der Waals surface area contributed by atoms with Crippen molar-refractivity contribution in [3.63, 3.8) is 0 Å². The van der Waals surface area contributed by atoms with E-state index in [2.05, 4.69) is 10.3 Å². The molecule has 0 aliphatic carbocycles. The third-order valence-corrected chi connectivity index (χ3v) is 4.13. The van der Waals surface area contributed by atoms with Crippen LogP contribution in [0.25, 0.3) is 6.08 Å². The topological polar surface area (TPSA) is 89.8 Å². The van der Waals surface area contributed by atoms with E-state index in [9.17, 15) is 18.0 Å². The van der Waals surface area contributed by atoms with Crippen molar-refractivity contribution in [3.05, 3.63) is 59.8 Å². The molecule has 1 atom stereocenters. The van der Waals surface area contributed by atoms with Gasteiger partial charge in [-0.2, -0.15) is 8.78 Å². The summed E-state index contributed by atoms with van der Waals surface area (Å²) in [4.78, 5) is 15.4. The minimum absolute atomic E-state index is 0.113. The number of aliphatic imine (C=N–C) groups is 1. The van der Waals surface area contributed by atoms with Crippen LogP contribution in [0.3, 0.4) is 0 Å². The van der Waals surface area contributed by atoms with Gasteiger partial charge in [-0.3, -0.25) is 4.79 Å². The van der Waals surface area contributed by atoms with Crippen molar-refractivity contribution in [1.29, 1.82) is 0 Å². The molecular weight excluding hydrogens is 363 g/mol. The Balaban J connectivity index is 1.86. The summed E-state index contributed by atoms with van der Waals surface area (Å²) in [5.41, 5.74) is 2.71. The highest BCUT2D eigenvalue weighted by atomic mass is 19.3. The molecule has 0 bridgehead atoms. The fourth-order valence-corrected chi connectivity index (χ4v) is 2.59. The molecule has 1 aromatic carbocycles. The minimum atomic E-state index is -3.50. The maximum Gasteiger partial charge on any atom is 0.310 e. The molecule has 0 radical (unpaired) electrons. The van der Waals surface area contributed by atoms with Gasteiger partial charge in [-0.25, -0.2) is 9.38 Å². The first-order valence-electron chi connectivity index (χ1n) is 7.91. The number of carbonyl (C=O) groups excluding carboxylic acids is 1. The smallest absolute Gasteiger partial charge is 0.310 e. The number of nitrogens with two attached hydrogens (primary N) is 1. The number of carbonyl (C=O) groups is 1.